The van der Waals surface area contributed by atoms with Gasteiger partial charge in [0.05, 0.1) is 0 Å². The summed E-state index contributed by atoms with van der Waals surface area (Å²) in [5, 5.41) is 3.61. The third kappa shape index (κ3) is 5.33. The largest absolute Gasteiger partial charge is 0.316 e. The Morgan fingerprint density at radius 1 is 0.857 bits per heavy atom. The maximum absolute atomic E-state index is 3.61. The minimum Gasteiger partial charge on any atom is -0.316 e. The number of benzene rings is 2. The third-order valence-corrected chi connectivity index (χ3v) is 3.71. The van der Waals surface area contributed by atoms with Crippen LogP contribution in [0.5, 0.6) is 0 Å². The van der Waals surface area contributed by atoms with Crippen LogP contribution < -0.4 is 5.32 Å². The van der Waals surface area contributed by atoms with Crippen molar-refractivity contribution in [2.24, 2.45) is 0 Å². The zero-order valence-electron chi connectivity index (χ0n) is 13.1. The van der Waals surface area contributed by atoms with Gasteiger partial charge in [0.2, 0.25) is 0 Å². The first-order chi connectivity index (χ1) is 10.3. The standard InChI is InChI=1S/C19H26N2/c1-21(2)15-9-14-20-16-19(17-10-5-3-6-11-17)18-12-7-4-8-13-18/h3-8,10-13,19-20H,9,14-16H2,1-2H3. The van der Waals surface area contributed by atoms with Crippen LogP contribution in [0, 0.1) is 0 Å². The second kappa shape index (κ2) is 8.60. The first kappa shape index (κ1) is 15.7. The van der Waals surface area contributed by atoms with Gasteiger partial charge in [-0.1, -0.05) is 60.7 Å². The van der Waals surface area contributed by atoms with Gasteiger partial charge in [0.15, 0.2) is 0 Å². The molecule has 0 unspecified atom stereocenters. The number of nitrogens with zero attached hydrogens (tertiary/aromatic N) is 1. The van der Waals surface area contributed by atoms with Crippen LogP contribution in [0.4, 0.5) is 0 Å². The Morgan fingerprint density at radius 2 is 1.38 bits per heavy atom. The van der Waals surface area contributed by atoms with Gasteiger partial charge in [-0.15, -0.1) is 0 Å². The maximum atomic E-state index is 3.61. The molecule has 2 rings (SSSR count). The normalized spacial score (nSPS) is 11.2. The fourth-order valence-electron chi connectivity index (χ4n) is 2.57. The Hall–Kier alpha value is -1.64. The molecule has 0 radical (unpaired) electrons. The lowest BCUT2D eigenvalue weighted by atomic mass is 9.91. The molecule has 0 aromatic heterocycles. The molecule has 0 saturated carbocycles. The van der Waals surface area contributed by atoms with E-state index in [-0.39, 0.29) is 0 Å². The first-order valence-electron chi connectivity index (χ1n) is 7.72. The first-order valence-corrected chi connectivity index (χ1v) is 7.72. The third-order valence-electron chi connectivity index (χ3n) is 3.71. The lowest BCUT2D eigenvalue weighted by molar-refractivity contribution is 0.394. The minimum atomic E-state index is 0.423. The molecule has 0 aliphatic carbocycles. The van der Waals surface area contributed by atoms with Crippen molar-refractivity contribution in [1.29, 1.82) is 0 Å². The van der Waals surface area contributed by atoms with E-state index in [1.54, 1.807) is 0 Å². The molecule has 0 atom stereocenters. The van der Waals surface area contributed by atoms with Gasteiger partial charge in [-0.3, -0.25) is 0 Å². The van der Waals surface area contributed by atoms with Crippen molar-refractivity contribution >= 4 is 0 Å². The van der Waals surface area contributed by atoms with Crippen LogP contribution in [0.15, 0.2) is 60.7 Å². The summed E-state index contributed by atoms with van der Waals surface area (Å²) in [6, 6.07) is 21.5. The number of hydrogen-bond donors (Lipinski definition) is 1. The summed E-state index contributed by atoms with van der Waals surface area (Å²) in [5.41, 5.74) is 2.76. The molecule has 2 nitrogen and oxygen atoms in total. The maximum Gasteiger partial charge on any atom is 0.0214 e. The monoisotopic (exact) mass is 282 g/mol. The van der Waals surface area contributed by atoms with Crippen LogP contribution in [0.25, 0.3) is 0 Å². The molecule has 2 aromatic rings. The van der Waals surface area contributed by atoms with E-state index in [1.165, 1.54) is 17.5 Å². The van der Waals surface area contributed by atoms with Crippen molar-refractivity contribution in [3.05, 3.63) is 71.8 Å². The van der Waals surface area contributed by atoms with Gasteiger partial charge in [0.1, 0.15) is 0 Å². The topological polar surface area (TPSA) is 15.3 Å². The molecule has 0 fully saturated rings. The minimum absolute atomic E-state index is 0.423. The molecule has 2 heteroatoms. The summed E-state index contributed by atoms with van der Waals surface area (Å²) < 4.78 is 0. The molecule has 112 valence electrons. The van der Waals surface area contributed by atoms with Gasteiger partial charge in [0, 0.05) is 12.5 Å². The smallest absolute Gasteiger partial charge is 0.0214 e. The Balaban J connectivity index is 1.97. The fourth-order valence-corrected chi connectivity index (χ4v) is 2.57. The second-order valence-corrected chi connectivity index (χ2v) is 5.73. The second-order valence-electron chi connectivity index (χ2n) is 5.73. The van der Waals surface area contributed by atoms with E-state index in [9.17, 15) is 0 Å². The average molecular weight is 282 g/mol. The van der Waals surface area contributed by atoms with Gasteiger partial charge < -0.3 is 10.2 Å². The predicted octanol–water partition coefficient (Wildman–Crippen LogP) is 3.36. The van der Waals surface area contributed by atoms with Crippen LogP contribution in [0.3, 0.4) is 0 Å². The molecule has 0 saturated heterocycles. The van der Waals surface area contributed by atoms with E-state index < -0.39 is 0 Å². The van der Waals surface area contributed by atoms with E-state index >= 15 is 0 Å². The van der Waals surface area contributed by atoms with Gasteiger partial charge in [-0.25, -0.2) is 0 Å². The molecule has 0 heterocycles. The zero-order valence-corrected chi connectivity index (χ0v) is 13.1. The summed E-state index contributed by atoms with van der Waals surface area (Å²) in [5.74, 6) is 0.423. The Morgan fingerprint density at radius 3 is 1.86 bits per heavy atom. The molecular weight excluding hydrogens is 256 g/mol. The predicted molar refractivity (Wildman–Crippen MR) is 90.8 cm³/mol. The molecule has 21 heavy (non-hydrogen) atoms. The Labute approximate surface area is 128 Å². The van der Waals surface area contributed by atoms with Gasteiger partial charge in [-0.05, 0) is 44.7 Å². The summed E-state index contributed by atoms with van der Waals surface area (Å²) in [4.78, 5) is 2.23. The summed E-state index contributed by atoms with van der Waals surface area (Å²) >= 11 is 0. The molecule has 0 spiro atoms. The molecule has 0 aliphatic rings. The highest BCUT2D eigenvalue weighted by Gasteiger charge is 2.12. The lowest BCUT2D eigenvalue weighted by Gasteiger charge is -2.19. The van der Waals surface area contributed by atoms with Crippen molar-refractivity contribution in [2.45, 2.75) is 12.3 Å². The summed E-state index contributed by atoms with van der Waals surface area (Å²) in [7, 11) is 4.24. The summed E-state index contributed by atoms with van der Waals surface area (Å²) in [6.45, 7) is 3.18. The van der Waals surface area contributed by atoms with Crippen molar-refractivity contribution in [2.75, 3.05) is 33.7 Å². The Bertz CT molecular complexity index is 454. The van der Waals surface area contributed by atoms with Crippen molar-refractivity contribution in [3.8, 4) is 0 Å². The van der Waals surface area contributed by atoms with Crippen molar-refractivity contribution < 1.29 is 0 Å². The van der Waals surface area contributed by atoms with E-state index in [0.717, 1.165) is 19.6 Å². The quantitative estimate of drug-likeness (QED) is 0.747. The van der Waals surface area contributed by atoms with Crippen molar-refractivity contribution in [1.82, 2.24) is 10.2 Å². The lowest BCUT2D eigenvalue weighted by Crippen LogP contribution is -2.26. The molecule has 0 aliphatic heterocycles. The molecule has 1 N–H and O–H groups in total. The zero-order chi connectivity index (χ0) is 14.9. The van der Waals surface area contributed by atoms with E-state index in [1.807, 2.05) is 0 Å². The molecular formula is C19H26N2. The highest BCUT2D eigenvalue weighted by atomic mass is 15.1. The molecule has 0 amide bonds. The van der Waals surface area contributed by atoms with Crippen molar-refractivity contribution in [3.63, 3.8) is 0 Å². The Kier molecular flexibility index (Phi) is 6.45. The van der Waals surface area contributed by atoms with E-state index in [0.29, 0.717) is 5.92 Å². The van der Waals surface area contributed by atoms with Gasteiger partial charge in [0.25, 0.3) is 0 Å². The van der Waals surface area contributed by atoms with Crippen LogP contribution in [-0.2, 0) is 0 Å². The van der Waals surface area contributed by atoms with Crippen LogP contribution >= 0.6 is 0 Å². The van der Waals surface area contributed by atoms with Gasteiger partial charge >= 0.3 is 0 Å². The van der Waals surface area contributed by atoms with E-state index in [4.69, 9.17) is 0 Å². The number of rotatable bonds is 8. The van der Waals surface area contributed by atoms with E-state index in [2.05, 4.69) is 85.0 Å². The SMILES string of the molecule is CN(C)CCCNCC(c1ccccc1)c1ccccc1. The van der Waals surface area contributed by atoms with Gasteiger partial charge in [-0.2, -0.15) is 0 Å². The molecule has 2 aromatic carbocycles. The number of nitrogens with one attached hydrogen (secondary N) is 1. The van der Waals surface area contributed by atoms with Crippen LogP contribution in [0.1, 0.15) is 23.5 Å². The highest BCUT2D eigenvalue weighted by Crippen LogP contribution is 2.23. The van der Waals surface area contributed by atoms with Crippen LogP contribution in [-0.4, -0.2) is 38.6 Å². The highest BCUT2D eigenvalue weighted by molar-refractivity contribution is 5.32. The fraction of sp³-hybridized carbons (Fsp3) is 0.368. The molecule has 0 bridgehead atoms. The summed E-state index contributed by atoms with van der Waals surface area (Å²) in [6.07, 6.45) is 1.18. The number of hydrogen-bond acceptors (Lipinski definition) is 2. The average Bonchev–Trinajstić information content (AvgIpc) is 2.52. The van der Waals surface area contributed by atoms with Crippen LogP contribution in [0.2, 0.25) is 0 Å².